The molecule has 2 N–H and O–H groups in total. The SMILES string of the molecule is Cc1ccc(OCCCC(=O)N2CCCc3ccc(C(N)=O)nc32)cc1C. The molecule has 1 aliphatic heterocycles. The van der Waals surface area contributed by atoms with Crippen LogP contribution in [0.15, 0.2) is 30.3 Å². The Labute approximate surface area is 159 Å². The molecule has 6 nitrogen and oxygen atoms in total. The van der Waals surface area contributed by atoms with Crippen LogP contribution >= 0.6 is 0 Å². The van der Waals surface area contributed by atoms with Crippen LogP contribution in [0.1, 0.15) is 46.4 Å². The van der Waals surface area contributed by atoms with E-state index in [9.17, 15) is 9.59 Å². The van der Waals surface area contributed by atoms with E-state index in [1.54, 1.807) is 11.0 Å². The van der Waals surface area contributed by atoms with Crippen molar-refractivity contribution in [2.75, 3.05) is 18.1 Å². The number of primary amides is 1. The topological polar surface area (TPSA) is 85.5 Å². The number of aryl methyl sites for hydroxylation is 3. The van der Waals surface area contributed by atoms with Crippen molar-refractivity contribution in [1.29, 1.82) is 0 Å². The fourth-order valence-corrected chi connectivity index (χ4v) is 3.17. The number of pyridine rings is 1. The van der Waals surface area contributed by atoms with E-state index in [1.807, 2.05) is 31.2 Å². The van der Waals surface area contributed by atoms with Crippen molar-refractivity contribution in [2.24, 2.45) is 5.73 Å². The number of rotatable bonds is 6. The molecular formula is C21H25N3O3. The molecule has 6 heteroatoms. The van der Waals surface area contributed by atoms with E-state index in [-0.39, 0.29) is 11.6 Å². The van der Waals surface area contributed by atoms with Crippen molar-refractivity contribution < 1.29 is 14.3 Å². The summed E-state index contributed by atoms with van der Waals surface area (Å²) >= 11 is 0. The van der Waals surface area contributed by atoms with Crippen LogP contribution in [0.2, 0.25) is 0 Å². The number of ether oxygens (including phenoxy) is 1. The summed E-state index contributed by atoms with van der Waals surface area (Å²) in [5.41, 5.74) is 8.90. The summed E-state index contributed by atoms with van der Waals surface area (Å²) < 4.78 is 5.75. The zero-order chi connectivity index (χ0) is 19.4. The number of anilines is 1. The maximum atomic E-state index is 12.7. The van der Waals surface area contributed by atoms with E-state index in [0.717, 1.165) is 24.2 Å². The van der Waals surface area contributed by atoms with Gasteiger partial charge in [-0.1, -0.05) is 12.1 Å². The minimum absolute atomic E-state index is 0.00578. The highest BCUT2D eigenvalue weighted by Crippen LogP contribution is 2.26. The molecule has 2 aromatic rings. The lowest BCUT2D eigenvalue weighted by molar-refractivity contribution is -0.119. The van der Waals surface area contributed by atoms with Crippen LogP contribution < -0.4 is 15.4 Å². The predicted molar refractivity (Wildman–Crippen MR) is 104 cm³/mol. The molecule has 0 unspecified atom stereocenters. The third-order valence-electron chi connectivity index (χ3n) is 4.88. The Hall–Kier alpha value is -2.89. The van der Waals surface area contributed by atoms with E-state index < -0.39 is 5.91 Å². The Morgan fingerprint density at radius 3 is 2.74 bits per heavy atom. The lowest BCUT2D eigenvalue weighted by atomic mass is 10.0. The van der Waals surface area contributed by atoms with Gasteiger partial charge in [-0.3, -0.25) is 14.5 Å². The molecule has 1 aliphatic rings. The van der Waals surface area contributed by atoms with Gasteiger partial charge >= 0.3 is 0 Å². The Morgan fingerprint density at radius 2 is 2.00 bits per heavy atom. The third-order valence-corrected chi connectivity index (χ3v) is 4.88. The Morgan fingerprint density at radius 1 is 1.19 bits per heavy atom. The van der Waals surface area contributed by atoms with Gasteiger partial charge in [0.15, 0.2) is 0 Å². The van der Waals surface area contributed by atoms with Gasteiger partial charge in [-0.05, 0) is 68.0 Å². The van der Waals surface area contributed by atoms with Crippen molar-refractivity contribution in [3.63, 3.8) is 0 Å². The molecule has 142 valence electrons. The lowest BCUT2D eigenvalue weighted by Crippen LogP contribution is -2.36. The van der Waals surface area contributed by atoms with Crippen LogP contribution in [-0.2, 0) is 11.2 Å². The summed E-state index contributed by atoms with van der Waals surface area (Å²) in [5, 5.41) is 0. The van der Waals surface area contributed by atoms with Gasteiger partial charge in [-0.25, -0.2) is 4.98 Å². The first-order valence-corrected chi connectivity index (χ1v) is 9.26. The van der Waals surface area contributed by atoms with Crippen LogP contribution in [0.5, 0.6) is 5.75 Å². The molecule has 1 aromatic heterocycles. The second kappa shape index (κ2) is 8.20. The number of carbonyl (C=O) groups excluding carboxylic acids is 2. The quantitative estimate of drug-likeness (QED) is 0.796. The Balaban J connectivity index is 1.58. The van der Waals surface area contributed by atoms with Crippen molar-refractivity contribution in [3.8, 4) is 5.75 Å². The molecule has 2 amide bonds. The standard InChI is InChI=1S/C21H25N3O3/c1-14-7-9-17(13-15(14)2)27-12-4-6-19(25)24-11-3-5-16-8-10-18(20(22)26)23-21(16)24/h7-10,13H,3-6,11-12H2,1-2H3,(H2,22,26). The Kier molecular flexibility index (Phi) is 5.74. The molecule has 2 heterocycles. The first-order chi connectivity index (χ1) is 13.0. The molecule has 0 aliphatic carbocycles. The van der Waals surface area contributed by atoms with Crippen LogP contribution in [0.4, 0.5) is 5.82 Å². The number of hydrogen-bond donors (Lipinski definition) is 1. The summed E-state index contributed by atoms with van der Waals surface area (Å²) in [6.07, 6.45) is 2.72. The molecule has 0 radical (unpaired) electrons. The highest BCUT2D eigenvalue weighted by atomic mass is 16.5. The first-order valence-electron chi connectivity index (χ1n) is 9.26. The van der Waals surface area contributed by atoms with Gasteiger partial charge < -0.3 is 10.5 Å². The zero-order valence-electron chi connectivity index (χ0n) is 15.8. The van der Waals surface area contributed by atoms with Crippen molar-refractivity contribution in [1.82, 2.24) is 4.98 Å². The van der Waals surface area contributed by atoms with Gasteiger partial charge in [-0.15, -0.1) is 0 Å². The summed E-state index contributed by atoms with van der Waals surface area (Å²) in [6, 6.07) is 9.44. The summed E-state index contributed by atoms with van der Waals surface area (Å²) in [7, 11) is 0. The highest BCUT2D eigenvalue weighted by Gasteiger charge is 2.24. The predicted octanol–water partition coefficient (Wildman–Crippen LogP) is 2.94. The van der Waals surface area contributed by atoms with Crippen LogP contribution in [0.3, 0.4) is 0 Å². The number of nitrogens with two attached hydrogens (primary N) is 1. The van der Waals surface area contributed by atoms with E-state index in [2.05, 4.69) is 11.9 Å². The Bertz CT molecular complexity index is 864. The second-order valence-electron chi connectivity index (χ2n) is 6.89. The first kappa shape index (κ1) is 18.9. The number of hydrogen-bond acceptors (Lipinski definition) is 4. The van der Waals surface area contributed by atoms with E-state index in [4.69, 9.17) is 10.5 Å². The number of nitrogens with zero attached hydrogens (tertiary/aromatic N) is 2. The van der Waals surface area contributed by atoms with E-state index in [1.165, 1.54) is 11.1 Å². The van der Waals surface area contributed by atoms with Crippen molar-refractivity contribution in [2.45, 2.75) is 39.5 Å². The van der Waals surface area contributed by atoms with E-state index in [0.29, 0.717) is 31.8 Å². The average Bonchev–Trinajstić information content (AvgIpc) is 2.66. The van der Waals surface area contributed by atoms with Gasteiger partial charge in [0.1, 0.15) is 17.3 Å². The summed E-state index contributed by atoms with van der Waals surface area (Å²) in [6.45, 7) is 5.20. The van der Waals surface area contributed by atoms with Crippen molar-refractivity contribution in [3.05, 3.63) is 52.7 Å². The second-order valence-corrected chi connectivity index (χ2v) is 6.89. The lowest BCUT2D eigenvalue weighted by Gasteiger charge is -2.28. The third kappa shape index (κ3) is 4.45. The summed E-state index contributed by atoms with van der Waals surface area (Å²) in [4.78, 5) is 30.0. The van der Waals surface area contributed by atoms with Crippen LogP contribution in [-0.4, -0.2) is 29.9 Å². The normalized spacial score (nSPS) is 13.2. The monoisotopic (exact) mass is 367 g/mol. The fourth-order valence-electron chi connectivity index (χ4n) is 3.17. The number of carbonyl (C=O) groups is 2. The number of fused-ring (bicyclic) bond motifs is 1. The molecular weight excluding hydrogens is 342 g/mol. The molecule has 27 heavy (non-hydrogen) atoms. The minimum Gasteiger partial charge on any atom is -0.494 e. The van der Waals surface area contributed by atoms with Crippen LogP contribution in [0.25, 0.3) is 0 Å². The zero-order valence-corrected chi connectivity index (χ0v) is 15.8. The number of benzene rings is 1. The molecule has 0 saturated carbocycles. The fraction of sp³-hybridized carbons (Fsp3) is 0.381. The smallest absolute Gasteiger partial charge is 0.267 e. The van der Waals surface area contributed by atoms with Gasteiger partial charge in [0.25, 0.3) is 5.91 Å². The maximum absolute atomic E-state index is 12.7. The van der Waals surface area contributed by atoms with Gasteiger partial charge in [0.05, 0.1) is 6.61 Å². The molecule has 0 fully saturated rings. The average molecular weight is 367 g/mol. The van der Waals surface area contributed by atoms with Crippen LogP contribution in [0, 0.1) is 13.8 Å². The maximum Gasteiger partial charge on any atom is 0.267 e. The molecule has 0 atom stereocenters. The largest absolute Gasteiger partial charge is 0.494 e. The molecule has 0 saturated heterocycles. The molecule has 0 bridgehead atoms. The molecule has 1 aromatic carbocycles. The van der Waals surface area contributed by atoms with Crippen molar-refractivity contribution >= 4 is 17.6 Å². The summed E-state index contributed by atoms with van der Waals surface area (Å²) in [5.74, 6) is 0.797. The molecule has 0 spiro atoms. The van der Waals surface area contributed by atoms with Gasteiger partial charge in [0.2, 0.25) is 5.91 Å². The number of aromatic nitrogens is 1. The van der Waals surface area contributed by atoms with E-state index >= 15 is 0 Å². The van der Waals surface area contributed by atoms with Gasteiger partial charge in [0, 0.05) is 13.0 Å². The molecule has 3 rings (SSSR count). The highest BCUT2D eigenvalue weighted by molar-refractivity contribution is 5.95. The minimum atomic E-state index is -0.586. The van der Waals surface area contributed by atoms with Gasteiger partial charge in [-0.2, -0.15) is 0 Å². The number of amides is 2.